The van der Waals surface area contributed by atoms with E-state index in [0.717, 1.165) is 4.96 Å². The van der Waals surface area contributed by atoms with Crippen LogP contribution in [0.15, 0.2) is 17.7 Å². The molecule has 0 radical (unpaired) electrons. The normalized spacial score (nSPS) is 15.7. The second-order valence-electron chi connectivity index (χ2n) is 6.12. The molecule has 1 saturated heterocycles. The van der Waals surface area contributed by atoms with E-state index in [1.165, 1.54) is 17.4 Å². The molecule has 3 rings (SSSR count). The molecule has 146 valence electrons. The van der Waals surface area contributed by atoms with Gasteiger partial charge < -0.3 is 15.0 Å². The van der Waals surface area contributed by atoms with E-state index in [4.69, 9.17) is 16.3 Å². The van der Waals surface area contributed by atoms with E-state index < -0.39 is 0 Å². The largest absolute Gasteiger partial charge is 0.383 e. The van der Waals surface area contributed by atoms with Crippen molar-refractivity contribution in [3.05, 3.63) is 28.5 Å². The van der Waals surface area contributed by atoms with E-state index in [9.17, 15) is 9.59 Å². The molecule has 0 unspecified atom stereocenters. The molecule has 1 N–H and O–H groups in total. The number of fused-ring (bicyclic) bond motifs is 1. The van der Waals surface area contributed by atoms with Crippen LogP contribution in [0.1, 0.15) is 5.69 Å². The fourth-order valence-electron chi connectivity index (χ4n) is 2.86. The number of aromatic nitrogens is 2. The summed E-state index contributed by atoms with van der Waals surface area (Å²) >= 11 is 7.63. The van der Waals surface area contributed by atoms with Crippen LogP contribution >= 0.6 is 22.9 Å². The summed E-state index contributed by atoms with van der Waals surface area (Å²) in [5.41, 5.74) is 0.702. The van der Waals surface area contributed by atoms with E-state index in [2.05, 4.69) is 10.3 Å². The number of nitrogens with one attached hydrogen (secondary N) is 1. The lowest BCUT2D eigenvalue weighted by molar-refractivity contribution is -0.128. The van der Waals surface area contributed by atoms with Crippen LogP contribution in [0.25, 0.3) is 11.0 Å². The van der Waals surface area contributed by atoms with Gasteiger partial charge in [-0.2, -0.15) is 0 Å². The number of nitrogens with zero attached hydrogens (tertiary/aromatic N) is 4. The molecular formula is C17H22ClN5O3S. The molecule has 2 amide bonds. The third kappa shape index (κ3) is 5.07. The van der Waals surface area contributed by atoms with Gasteiger partial charge in [0.2, 0.25) is 11.8 Å². The quantitative estimate of drug-likeness (QED) is 0.542. The topological polar surface area (TPSA) is 79.2 Å². The number of methoxy groups -OCH3 is 1. The summed E-state index contributed by atoms with van der Waals surface area (Å²) in [5, 5.41) is 5.10. The number of imidazole rings is 1. The van der Waals surface area contributed by atoms with Gasteiger partial charge in [0.1, 0.15) is 0 Å². The van der Waals surface area contributed by atoms with Crippen molar-refractivity contribution in [2.75, 3.05) is 53.0 Å². The first kappa shape index (κ1) is 19.8. The summed E-state index contributed by atoms with van der Waals surface area (Å²) in [5.74, 6) is -0.0951. The van der Waals surface area contributed by atoms with Gasteiger partial charge in [0, 0.05) is 57.5 Å². The number of piperazine rings is 1. The molecule has 0 aromatic carbocycles. The maximum atomic E-state index is 12.4. The number of carbonyl (C=O) groups excluding carboxylic acids is 2. The molecule has 1 fully saturated rings. The molecular weight excluding hydrogens is 390 g/mol. The van der Waals surface area contributed by atoms with Crippen molar-refractivity contribution in [2.45, 2.75) is 0 Å². The first-order chi connectivity index (χ1) is 13.1. The van der Waals surface area contributed by atoms with Crippen molar-refractivity contribution in [1.29, 1.82) is 0 Å². The van der Waals surface area contributed by atoms with Crippen molar-refractivity contribution in [2.24, 2.45) is 0 Å². The molecule has 27 heavy (non-hydrogen) atoms. The molecule has 2 aromatic rings. The number of hydrogen-bond donors (Lipinski definition) is 1. The standard InChI is InChI=1S/C17H22ClN5O3S/c1-26-10-4-19-14(24)12-21-5-7-22(8-6-21)15(25)3-2-13-16(18)20-17-23(13)9-11-27-17/h2-3,9,11H,4-8,10,12H2,1H3,(H,19,24). The highest BCUT2D eigenvalue weighted by Gasteiger charge is 2.21. The van der Waals surface area contributed by atoms with E-state index >= 15 is 0 Å². The van der Waals surface area contributed by atoms with Crippen LogP contribution in [0.4, 0.5) is 0 Å². The zero-order valence-electron chi connectivity index (χ0n) is 15.1. The smallest absolute Gasteiger partial charge is 0.246 e. The predicted octanol–water partition coefficient (Wildman–Crippen LogP) is 0.969. The van der Waals surface area contributed by atoms with Gasteiger partial charge in [-0.05, 0) is 6.08 Å². The molecule has 0 bridgehead atoms. The Morgan fingerprint density at radius 3 is 2.89 bits per heavy atom. The number of ether oxygens (including phenoxy) is 1. The Labute approximate surface area is 166 Å². The fourth-order valence-corrected chi connectivity index (χ4v) is 3.86. The Bertz CT molecular complexity index is 826. The van der Waals surface area contributed by atoms with Crippen LogP contribution < -0.4 is 5.32 Å². The minimum absolute atomic E-state index is 0.0260. The minimum Gasteiger partial charge on any atom is -0.383 e. The molecule has 1 aliphatic rings. The number of thiazole rings is 1. The SMILES string of the molecule is COCCNC(=O)CN1CCN(C(=O)C=Cc2c(Cl)nc3sccn23)CC1. The van der Waals surface area contributed by atoms with E-state index in [1.54, 1.807) is 18.1 Å². The molecule has 8 nitrogen and oxygen atoms in total. The Hall–Kier alpha value is -1.94. The van der Waals surface area contributed by atoms with E-state index in [0.29, 0.717) is 56.7 Å². The second kappa shape index (κ2) is 9.32. The summed E-state index contributed by atoms with van der Waals surface area (Å²) in [7, 11) is 1.60. The lowest BCUT2D eigenvalue weighted by Gasteiger charge is -2.33. The van der Waals surface area contributed by atoms with Gasteiger partial charge in [-0.1, -0.05) is 11.6 Å². The second-order valence-corrected chi connectivity index (χ2v) is 7.35. The van der Waals surface area contributed by atoms with Gasteiger partial charge in [-0.15, -0.1) is 11.3 Å². The molecule has 0 spiro atoms. The summed E-state index contributed by atoms with van der Waals surface area (Å²) < 4.78 is 6.76. The average Bonchev–Trinajstić information content (AvgIpc) is 3.21. The first-order valence-electron chi connectivity index (χ1n) is 8.64. The maximum absolute atomic E-state index is 12.4. The van der Waals surface area contributed by atoms with Gasteiger partial charge in [-0.25, -0.2) is 4.98 Å². The monoisotopic (exact) mass is 411 g/mol. The zero-order chi connectivity index (χ0) is 19.2. The third-order valence-corrected chi connectivity index (χ3v) is 5.35. The highest BCUT2D eigenvalue weighted by molar-refractivity contribution is 7.15. The van der Waals surface area contributed by atoms with Crippen LogP contribution in [0.2, 0.25) is 5.15 Å². The number of amides is 2. The maximum Gasteiger partial charge on any atom is 0.246 e. The summed E-state index contributed by atoms with van der Waals surface area (Å²) in [6.07, 6.45) is 5.10. The van der Waals surface area contributed by atoms with Gasteiger partial charge in [0.25, 0.3) is 0 Å². The van der Waals surface area contributed by atoms with Crippen molar-refractivity contribution < 1.29 is 14.3 Å². The highest BCUT2D eigenvalue weighted by Crippen LogP contribution is 2.22. The average molecular weight is 412 g/mol. The van der Waals surface area contributed by atoms with Crippen LogP contribution in [0.5, 0.6) is 0 Å². The van der Waals surface area contributed by atoms with Crippen molar-refractivity contribution >= 4 is 45.8 Å². The van der Waals surface area contributed by atoms with Gasteiger partial charge in [0.05, 0.1) is 18.8 Å². The van der Waals surface area contributed by atoms with Gasteiger partial charge >= 0.3 is 0 Å². The Balaban J connectivity index is 1.48. The van der Waals surface area contributed by atoms with Crippen LogP contribution in [0.3, 0.4) is 0 Å². The Morgan fingerprint density at radius 2 is 2.15 bits per heavy atom. The van der Waals surface area contributed by atoms with Gasteiger partial charge in [0.15, 0.2) is 10.1 Å². The highest BCUT2D eigenvalue weighted by atomic mass is 35.5. The molecule has 0 saturated carbocycles. The van der Waals surface area contributed by atoms with Crippen molar-refractivity contribution in [1.82, 2.24) is 24.5 Å². The van der Waals surface area contributed by atoms with E-state index in [1.807, 2.05) is 20.9 Å². The lowest BCUT2D eigenvalue weighted by atomic mass is 10.3. The first-order valence-corrected chi connectivity index (χ1v) is 9.90. The van der Waals surface area contributed by atoms with E-state index in [-0.39, 0.29) is 11.8 Å². The minimum atomic E-state index is -0.0690. The molecule has 10 heteroatoms. The zero-order valence-corrected chi connectivity index (χ0v) is 16.6. The number of rotatable bonds is 7. The van der Waals surface area contributed by atoms with Crippen LogP contribution in [-0.2, 0) is 14.3 Å². The number of hydrogen-bond acceptors (Lipinski definition) is 6. The third-order valence-electron chi connectivity index (χ3n) is 4.32. The Kier molecular flexibility index (Phi) is 6.84. The van der Waals surface area contributed by atoms with Crippen molar-refractivity contribution in [3.63, 3.8) is 0 Å². The van der Waals surface area contributed by atoms with Crippen molar-refractivity contribution in [3.8, 4) is 0 Å². The molecule has 0 atom stereocenters. The summed E-state index contributed by atoms with van der Waals surface area (Å²) in [4.78, 5) is 33.1. The molecule has 1 aliphatic heterocycles. The summed E-state index contributed by atoms with van der Waals surface area (Å²) in [6, 6.07) is 0. The predicted molar refractivity (Wildman–Crippen MR) is 105 cm³/mol. The fraction of sp³-hybridized carbons (Fsp3) is 0.471. The van der Waals surface area contributed by atoms with Crippen LogP contribution in [0, 0.1) is 0 Å². The van der Waals surface area contributed by atoms with Crippen LogP contribution in [-0.4, -0.2) is 84.0 Å². The van der Waals surface area contributed by atoms with Gasteiger partial charge in [-0.3, -0.25) is 18.9 Å². The Morgan fingerprint density at radius 1 is 1.37 bits per heavy atom. The summed E-state index contributed by atoms with van der Waals surface area (Å²) in [6.45, 7) is 3.85. The molecule has 2 aromatic heterocycles. The lowest BCUT2D eigenvalue weighted by Crippen LogP contribution is -2.51. The molecule has 0 aliphatic carbocycles. The number of halogens is 1. The number of carbonyl (C=O) groups is 2. The molecule has 3 heterocycles.